The van der Waals surface area contributed by atoms with E-state index in [0.29, 0.717) is 19.3 Å². The van der Waals surface area contributed by atoms with Crippen LogP contribution in [-0.2, 0) is 28.6 Å². The van der Waals surface area contributed by atoms with Crippen molar-refractivity contribution in [2.75, 3.05) is 13.2 Å². The molecule has 83 heavy (non-hydrogen) atoms. The molecule has 0 aromatic heterocycles. The van der Waals surface area contributed by atoms with Crippen LogP contribution in [0, 0.1) is 0 Å². The van der Waals surface area contributed by atoms with Crippen LogP contribution in [0.5, 0.6) is 0 Å². The highest BCUT2D eigenvalue weighted by atomic mass is 16.6. The molecule has 478 valence electrons. The van der Waals surface area contributed by atoms with Gasteiger partial charge >= 0.3 is 17.9 Å². The van der Waals surface area contributed by atoms with Crippen molar-refractivity contribution >= 4 is 17.9 Å². The van der Waals surface area contributed by atoms with Crippen molar-refractivity contribution in [2.45, 2.75) is 361 Å². The van der Waals surface area contributed by atoms with Crippen LogP contribution in [0.4, 0.5) is 0 Å². The van der Waals surface area contributed by atoms with Gasteiger partial charge in [0.05, 0.1) is 0 Å². The average Bonchev–Trinajstić information content (AvgIpc) is 3.49. The lowest BCUT2D eigenvalue weighted by Crippen LogP contribution is -2.30. The first-order valence-electron chi connectivity index (χ1n) is 35.7. The first kappa shape index (κ1) is 79.3. The van der Waals surface area contributed by atoms with Crippen molar-refractivity contribution in [3.63, 3.8) is 0 Å². The normalized spacial score (nSPS) is 12.7. The van der Waals surface area contributed by atoms with Crippen molar-refractivity contribution in [3.8, 4) is 0 Å². The van der Waals surface area contributed by atoms with Crippen LogP contribution in [0.2, 0.25) is 0 Å². The molecule has 0 aliphatic carbocycles. The summed E-state index contributed by atoms with van der Waals surface area (Å²) in [6, 6.07) is 0. The zero-order valence-electron chi connectivity index (χ0n) is 54.9. The van der Waals surface area contributed by atoms with Crippen LogP contribution >= 0.6 is 0 Å². The summed E-state index contributed by atoms with van der Waals surface area (Å²) in [6.45, 7) is 6.50. The second-order valence-electron chi connectivity index (χ2n) is 23.8. The summed E-state index contributed by atoms with van der Waals surface area (Å²) in [5, 5.41) is 0. The van der Waals surface area contributed by atoms with E-state index in [2.05, 4.69) is 118 Å². The van der Waals surface area contributed by atoms with Gasteiger partial charge in [-0.1, -0.05) is 336 Å². The lowest BCUT2D eigenvalue weighted by Gasteiger charge is -2.18. The van der Waals surface area contributed by atoms with Gasteiger partial charge in [-0.05, 0) is 96.3 Å². The van der Waals surface area contributed by atoms with E-state index in [9.17, 15) is 14.4 Å². The molecular formula is C77H134O6. The molecular weight excluding hydrogens is 1020 g/mol. The van der Waals surface area contributed by atoms with E-state index in [0.717, 1.165) is 89.9 Å². The molecule has 1 unspecified atom stereocenters. The van der Waals surface area contributed by atoms with Gasteiger partial charge in [0.15, 0.2) is 6.10 Å². The summed E-state index contributed by atoms with van der Waals surface area (Å²) in [5.41, 5.74) is 0. The largest absolute Gasteiger partial charge is 0.462 e. The van der Waals surface area contributed by atoms with Gasteiger partial charge < -0.3 is 14.2 Å². The Labute approximate surface area is 515 Å². The van der Waals surface area contributed by atoms with Crippen LogP contribution in [0.1, 0.15) is 355 Å². The Hall–Kier alpha value is -3.67. The van der Waals surface area contributed by atoms with Gasteiger partial charge in [0.1, 0.15) is 13.2 Å². The number of allylic oxidation sites excluding steroid dienone is 16. The zero-order chi connectivity index (χ0) is 59.9. The zero-order valence-corrected chi connectivity index (χ0v) is 54.9. The van der Waals surface area contributed by atoms with E-state index in [1.165, 1.54) is 218 Å². The van der Waals surface area contributed by atoms with Crippen molar-refractivity contribution in [3.05, 3.63) is 97.2 Å². The average molecular weight is 1160 g/mol. The molecule has 1 atom stereocenters. The highest BCUT2D eigenvalue weighted by Crippen LogP contribution is 2.18. The van der Waals surface area contributed by atoms with Gasteiger partial charge in [0, 0.05) is 19.3 Å². The Morgan fingerprint density at radius 2 is 0.482 bits per heavy atom. The summed E-state index contributed by atoms with van der Waals surface area (Å²) < 4.78 is 16.9. The summed E-state index contributed by atoms with van der Waals surface area (Å²) in [7, 11) is 0. The first-order valence-corrected chi connectivity index (χ1v) is 35.7. The van der Waals surface area contributed by atoms with Crippen molar-refractivity contribution in [1.29, 1.82) is 0 Å². The summed E-state index contributed by atoms with van der Waals surface area (Å²) >= 11 is 0. The molecule has 0 aliphatic heterocycles. The van der Waals surface area contributed by atoms with Crippen LogP contribution in [-0.4, -0.2) is 37.2 Å². The molecule has 0 N–H and O–H groups in total. The maximum absolute atomic E-state index is 12.9. The number of hydrogen-bond acceptors (Lipinski definition) is 6. The third-order valence-corrected chi connectivity index (χ3v) is 15.6. The second kappa shape index (κ2) is 70.8. The maximum atomic E-state index is 12.9. The molecule has 0 radical (unpaired) electrons. The number of unbranched alkanes of at least 4 members (excludes halogenated alkanes) is 38. The van der Waals surface area contributed by atoms with Gasteiger partial charge in [0.25, 0.3) is 0 Å². The topological polar surface area (TPSA) is 78.9 Å². The predicted octanol–water partition coefficient (Wildman–Crippen LogP) is 24.8. The number of rotatable bonds is 65. The van der Waals surface area contributed by atoms with Gasteiger partial charge in [-0.25, -0.2) is 0 Å². The minimum absolute atomic E-state index is 0.0972. The fourth-order valence-electron chi connectivity index (χ4n) is 10.3. The lowest BCUT2D eigenvalue weighted by molar-refractivity contribution is -0.167. The van der Waals surface area contributed by atoms with Gasteiger partial charge in [-0.3, -0.25) is 14.4 Å². The van der Waals surface area contributed by atoms with E-state index in [1.807, 2.05) is 0 Å². The molecule has 0 rings (SSSR count). The molecule has 0 saturated heterocycles. The van der Waals surface area contributed by atoms with E-state index < -0.39 is 6.10 Å². The Balaban J connectivity index is 4.15. The smallest absolute Gasteiger partial charge is 0.306 e. The Morgan fingerprint density at radius 3 is 0.783 bits per heavy atom. The molecule has 6 heteroatoms. The molecule has 0 aromatic carbocycles. The van der Waals surface area contributed by atoms with Crippen molar-refractivity contribution in [1.82, 2.24) is 0 Å². The quantitative estimate of drug-likeness (QED) is 0.0261. The number of hydrogen-bond donors (Lipinski definition) is 0. The number of ether oxygens (including phenoxy) is 3. The van der Waals surface area contributed by atoms with E-state index >= 15 is 0 Å². The summed E-state index contributed by atoms with van der Waals surface area (Å²) in [4.78, 5) is 38.2. The van der Waals surface area contributed by atoms with Gasteiger partial charge in [-0.2, -0.15) is 0 Å². The van der Waals surface area contributed by atoms with Crippen LogP contribution in [0.15, 0.2) is 97.2 Å². The molecule has 0 fully saturated rings. The fourth-order valence-corrected chi connectivity index (χ4v) is 10.3. The standard InChI is InChI=1S/C77H134O6/c1-4-7-10-13-16-19-21-23-25-27-29-31-33-34-35-36-37-38-39-40-41-42-44-45-47-49-51-53-55-58-61-64-67-70-76(79)82-73-74(72-81-75(78)69-66-63-60-57-18-15-12-9-6-3)83-77(80)71-68-65-62-59-56-54-52-50-48-46-43-32-30-28-26-24-22-20-17-14-11-8-5-2/h8,11,17,20,24,26-27,29-30,32,46,48,52,54,59,62,74H,4-7,9-10,12-16,18-19,21-23,25,28,31,33-45,47,49-51,53,55-58,60-61,63-73H2,1-3H3/b11-8-,20-17-,26-24-,29-27-,32-30-,48-46-,54-52-,62-59-. The monoisotopic (exact) mass is 1160 g/mol. The number of carbonyl (C=O) groups is 3. The third kappa shape index (κ3) is 69.0. The van der Waals surface area contributed by atoms with Gasteiger partial charge in [0.2, 0.25) is 0 Å². The second-order valence-corrected chi connectivity index (χ2v) is 23.8. The molecule has 0 aliphatic rings. The fraction of sp³-hybridized carbons (Fsp3) is 0.753. The van der Waals surface area contributed by atoms with Crippen LogP contribution < -0.4 is 0 Å². The summed E-state index contributed by atoms with van der Waals surface area (Å²) in [6.07, 6.45) is 96.2. The first-order chi connectivity index (χ1) is 41.0. The van der Waals surface area contributed by atoms with E-state index in [1.54, 1.807) is 0 Å². The lowest BCUT2D eigenvalue weighted by atomic mass is 10.0. The molecule has 0 amide bonds. The highest BCUT2D eigenvalue weighted by molar-refractivity contribution is 5.71. The molecule has 6 nitrogen and oxygen atoms in total. The number of carbonyl (C=O) groups excluding carboxylic acids is 3. The van der Waals surface area contributed by atoms with Crippen molar-refractivity contribution in [2.24, 2.45) is 0 Å². The Kier molecular flexibility index (Phi) is 67.7. The minimum Gasteiger partial charge on any atom is -0.462 e. The molecule has 0 saturated carbocycles. The minimum atomic E-state index is -0.807. The van der Waals surface area contributed by atoms with Gasteiger partial charge in [-0.15, -0.1) is 0 Å². The molecule has 0 aromatic rings. The van der Waals surface area contributed by atoms with Crippen LogP contribution in [0.3, 0.4) is 0 Å². The van der Waals surface area contributed by atoms with E-state index in [-0.39, 0.29) is 37.5 Å². The highest BCUT2D eigenvalue weighted by Gasteiger charge is 2.19. The third-order valence-electron chi connectivity index (χ3n) is 15.6. The molecule has 0 spiro atoms. The predicted molar refractivity (Wildman–Crippen MR) is 362 cm³/mol. The van der Waals surface area contributed by atoms with Crippen molar-refractivity contribution < 1.29 is 28.6 Å². The summed E-state index contributed by atoms with van der Waals surface area (Å²) in [5.74, 6) is -0.947. The Morgan fingerprint density at radius 1 is 0.253 bits per heavy atom. The molecule has 0 heterocycles. The maximum Gasteiger partial charge on any atom is 0.306 e. The SMILES string of the molecule is CC/C=C\C/C=C\C/C=C\C/C=C\C/C=C\C/C=C\C/C=C\CCCC(=O)OC(COC(=O)CCCCCCCCCCC)COC(=O)CCCCCCCCCCCCCCCCCCCCCCC/C=C\CCCCCCCCCC. The molecule has 0 bridgehead atoms. The number of esters is 3. The van der Waals surface area contributed by atoms with Crippen LogP contribution in [0.25, 0.3) is 0 Å². The Bertz CT molecular complexity index is 1610. The van der Waals surface area contributed by atoms with E-state index in [4.69, 9.17) is 14.2 Å².